The highest BCUT2D eigenvalue weighted by molar-refractivity contribution is 7.13. The molecular weight excluding hydrogens is 370 g/mol. The lowest BCUT2D eigenvalue weighted by Gasteiger charge is -2.23. The van der Waals surface area contributed by atoms with E-state index in [1.165, 1.54) is 22.6 Å². The molecule has 0 bridgehead atoms. The van der Waals surface area contributed by atoms with Crippen LogP contribution in [0.4, 0.5) is 8.78 Å². The first-order valence-corrected chi connectivity index (χ1v) is 9.41. The first kappa shape index (κ1) is 17.8. The third-order valence-corrected chi connectivity index (χ3v) is 5.61. The van der Waals surface area contributed by atoms with Crippen LogP contribution in [-0.2, 0) is 6.54 Å². The van der Waals surface area contributed by atoms with Crippen LogP contribution in [0, 0.1) is 6.92 Å². The van der Waals surface area contributed by atoms with Crippen molar-refractivity contribution < 1.29 is 13.6 Å². The SMILES string of the molecule is Cc1ccc(C(=O)N2CC(F)(F)C[C@H]2c2nncn2Cc2ccccc2)s1. The van der Waals surface area contributed by atoms with Gasteiger partial charge in [-0.25, -0.2) is 8.78 Å². The maximum Gasteiger partial charge on any atom is 0.267 e. The van der Waals surface area contributed by atoms with Crippen molar-refractivity contribution in [2.24, 2.45) is 0 Å². The summed E-state index contributed by atoms with van der Waals surface area (Å²) in [6.45, 7) is 1.74. The van der Waals surface area contributed by atoms with E-state index in [1.54, 1.807) is 10.6 Å². The first-order chi connectivity index (χ1) is 12.9. The van der Waals surface area contributed by atoms with Gasteiger partial charge in [0, 0.05) is 11.3 Å². The van der Waals surface area contributed by atoms with E-state index in [-0.39, 0.29) is 5.91 Å². The number of carbonyl (C=O) groups is 1. The Morgan fingerprint density at radius 3 is 2.74 bits per heavy atom. The molecule has 3 aromatic rings. The summed E-state index contributed by atoms with van der Waals surface area (Å²) in [5.74, 6) is -2.95. The van der Waals surface area contributed by atoms with Crippen LogP contribution in [0.5, 0.6) is 0 Å². The van der Waals surface area contributed by atoms with Crippen molar-refractivity contribution in [2.45, 2.75) is 31.9 Å². The first-order valence-electron chi connectivity index (χ1n) is 8.60. The predicted molar refractivity (Wildman–Crippen MR) is 98.0 cm³/mol. The van der Waals surface area contributed by atoms with Gasteiger partial charge in [0.2, 0.25) is 0 Å². The molecule has 3 heterocycles. The summed E-state index contributed by atoms with van der Waals surface area (Å²) in [6.07, 6.45) is 1.08. The third kappa shape index (κ3) is 3.62. The maximum absolute atomic E-state index is 14.2. The van der Waals surface area contributed by atoms with Gasteiger partial charge in [0.25, 0.3) is 11.8 Å². The van der Waals surface area contributed by atoms with Crippen LogP contribution in [0.1, 0.15) is 38.4 Å². The number of carbonyl (C=O) groups excluding carboxylic acids is 1. The van der Waals surface area contributed by atoms with E-state index in [9.17, 15) is 13.6 Å². The number of amides is 1. The number of halogens is 2. The van der Waals surface area contributed by atoms with E-state index in [2.05, 4.69) is 10.2 Å². The number of aryl methyl sites for hydroxylation is 1. The van der Waals surface area contributed by atoms with Gasteiger partial charge in [-0.15, -0.1) is 21.5 Å². The van der Waals surface area contributed by atoms with Crippen LogP contribution in [0.25, 0.3) is 0 Å². The van der Waals surface area contributed by atoms with E-state index in [0.29, 0.717) is 17.2 Å². The number of benzene rings is 1. The zero-order valence-electron chi connectivity index (χ0n) is 14.7. The summed E-state index contributed by atoms with van der Waals surface area (Å²) in [6, 6.07) is 12.3. The molecule has 0 aliphatic carbocycles. The zero-order valence-corrected chi connectivity index (χ0v) is 15.5. The Morgan fingerprint density at radius 1 is 1.26 bits per heavy atom. The maximum atomic E-state index is 14.2. The number of hydrogen-bond donors (Lipinski definition) is 0. The molecule has 27 heavy (non-hydrogen) atoms. The summed E-state index contributed by atoms with van der Waals surface area (Å²) in [7, 11) is 0. The molecule has 1 amide bonds. The van der Waals surface area contributed by atoms with Crippen molar-refractivity contribution in [1.29, 1.82) is 0 Å². The zero-order chi connectivity index (χ0) is 19.0. The molecule has 1 aromatic carbocycles. The highest BCUT2D eigenvalue weighted by atomic mass is 32.1. The van der Waals surface area contributed by atoms with Gasteiger partial charge in [0.05, 0.1) is 24.0 Å². The summed E-state index contributed by atoms with van der Waals surface area (Å²) in [5, 5.41) is 7.99. The highest BCUT2D eigenvalue weighted by Gasteiger charge is 2.49. The second-order valence-electron chi connectivity index (χ2n) is 6.72. The lowest BCUT2D eigenvalue weighted by Crippen LogP contribution is -2.33. The Balaban J connectivity index is 1.65. The fraction of sp³-hybridized carbons (Fsp3) is 0.316. The second-order valence-corrected chi connectivity index (χ2v) is 8.01. The normalized spacial score (nSPS) is 18.8. The van der Waals surface area contributed by atoms with Crippen molar-refractivity contribution in [3.63, 3.8) is 0 Å². The van der Waals surface area contributed by atoms with Gasteiger partial charge in [-0.1, -0.05) is 30.3 Å². The van der Waals surface area contributed by atoms with Crippen LogP contribution in [0.3, 0.4) is 0 Å². The van der Waals surface area contributed by atoms with Crippen molar-refractivity contribution in [3.8, 4) is 0 Å². The minimum absolute atomic E-state index is 0.385. The predicted octanol–water partition coefficient (Wildman–Crippen LogP) is 3.92. The number of hydrogen-bond acceptors (Lipinski definition) is 4. The Hall–Kier alpha value is -2.61. The summed E-state index contributed by atoms with van der Waals surface area (Å²) >= 11 is 1.31. The topological polar surface area (TPSA) is 51.0 Å². The average Bonchev–Trinajstić information content (AvgIpc) is 3.34. The minimum atomic E-state index is -2.95. The monoisotopic (exact) mass is 388 g/mol. The molecule has 4 rings (SSSR count). The number of rotatable bonds is 4. The molecule has 1 atom stereocenters. The molecule has 0 saturated carbocycles. The quantitative estimate of drug-likeness (QED) is 0.681. The molecule has 1 aliphatic rings. The van der Waals surface area contributed by atoms with E-state index in [1.807, 2.05) is 43.3 Å². The molecule has 1 saturated heterocycles. The molecule has 0 unspecified atom stereocenters. The standard InChI is InChI=1S/C19H18F2N4OS/c1-13-7-8-16(27-13)18(26)25-11-19(20,21)9-15(25)17-23-22-12-24(17)10-14-5-3-2-4-6-14/h2-8,12,15H,9-11H2,1H3/t15-/m0/s1. The minimum Gasteiger partial charge on any atom is -0.321 e. The van der Waals surface area contributed by atoms with Crippen LogP contribution in [-0.4, -0.2) is 38.0 Å². The van der Waals surface area contributed by atoms with E-state index in [4.69, 9.17) is 0 Å². The Bertz CT molecular complexity index is 954. The van der Waals surface area contributed by atoms with Gasteiger partial charge in [-0.2, -0.15) is 0 Å². The number of likely N-dealkylation sites (tertiary alicyclic amines) is 1. The lowest BCUT2D eigenvalue weighted by atomic mass is 10.1. The van der Waals surface area contributed by atoms with Crippen LogP contribution < -0.4 is 0 Å². The summed E-state index contributed by atoms with van der Waals surface area (Å²) in [4.78, 5) is 15.5. The van der Waals surface area contributed by atoms with Gasteiger partial charge in [-0.05, 0) is 24.6 Å². The van der Waals surface area contributed by atoms with Crippen LogP contribution >= 0.6 is 11.3 Å². The average molecular weight is 388 g/mol. The van der Waals surface area contributed by atoms with Crippen LogP contribution in [0.15, 0.2) is 48.8 Å². The van der Waals surface area contributed by atoms with Gasteiger partial charge in [-0.3, -0.25) is 4.79 Å². The molecule has 1 fully saturated rings. The molecule has 1 aliphatic heterocycles. The number of alkyl halides is 2. The lowest BCUT2D eigenvalue weighted by molar-refractivity contribution is 0.0118. The fourth-order valence-electron chi connectivity index (χ4n) is 3.38. The van der Waals surface area contributed by atoms with Gasteiger partial charge in [0.15, 0.2) is 5.82 Å². The summed E-state index contributed by atoms with van der Waals surface area (Å²) in [5.41, 5.74) is 1.01. The van der Waals surface area contributed by atoms with E-state index >= 15 is 0 Å². The molecule has 0 spiro atoms. The number of nitrogens with zero attached hydrogens (tertiary/aromatic N) is 4. The van der Waals surface area contributed by atoms with Gasteiger partial charge < -0.3 is 9.47 Å². The Morgan fingerprint density at radius 2 is 2.04 bits per heavy atom. The third-order valence-electron chi connectivity index (χ3n) is 4.62. The molecule has 8 heteroatoms. The molecule has 5 nitrogen and oxygen atoms in total. The Kier molecular flexibility index (Phi) is 4.51. The molecular formula is C19H18F2N4OS. The number of thiophene rings is 1. The highest BCUT2D eigenvalue weighted by Crippen LogP contribution is 2.41. The van der Waals surface area contributed by atoms with Crippen LogP contribution in [0.2, 0.25) is 0 Å². The fourth-order valence-corrected chi connectivity index (χ4v) is 4.20. The molecule has 0 N–H and O–H groups in total. The van der Waals surface area contributed by atoms with Crippen molar-refractivity contribution >= 4 is 17.2 Å². The summed E-state index contributed by atoms with van der Waals surface area (Å²) < 4.78 is 30.2. The van der Waals surface area contributed by atoms with Gasteiger partial charge in [0.1, 0.15) is 6.33 Å². The Labute approximate surface area is 159 Å². The molecule has 140 valence electrons. The van der Waals surface area contributed by atoms with Crippen molar-refractivity contribution in [3.05, 3.63) is 69.9 Å². The smallest absolute Gasteiger partial charge is 0.267 e. The molecule has 0 radical (unpaired) electrons. The number of aromatic nitrogens is 3. The van der Waals surface area contributed by atoms with Crippen molar-refractivity contribution in [2.75, 3.05) is 6.54 Å². The van der Waals surface area contributed by atoms with Crippen molar-refractivity contribution in [1.82, 2.24) is 19.7 Å². The largest absolute Gasteiger partial charge is 0.321 e. The molecule has 2 aromatic heterocycles. The van der Waals surface area contributed by atoms with Gasteiger partial charge >= 0.3 is 0 Å². The van der Waals surface area contributed by atoms with E-state index in [0.717, 1.165) is 10.4 Å². The van der Waals surface area contributed by atoms with E-state index < -0.39 is 24.9 Å². The second kappa shape index (κ2) is 6.84.